The number of nitrogen functional groups attached to an aromatic ring is 1. The molecule has 8 heteroatoms. The molecule has 1 aliphatic carbocycles. The zero-order valence-corrected chi connectivity index (χ0v) is 16.0. The van der Waals surface area contributed by atoms with E-state index in [0.717, 1.165) is 24.8 Å². The minimum absolute atomic E-state index is 0.216. The highest BCUT2D eigenvalue weighted by molar-refractivity contribution is 5.97. The molecule has 8 nitrogen and oxygen atoms in total. The van der Waals surface area contributed by atoms with Crippen LogP contribution in [0.4, 0.5) is 17.3 Å². The van der Waals surface area contributed by atoms with Gasteiger partial charge in [0, 0.05) is 6.07 Å². The van der Waals surface area contributed by atoms with Crippen molar-refractivity contribution in [2.75, 3.05) is 11.1 Å². The number of hydrogen-bond acceptors (Lipinski definition) is 6. The number of hydrogen-bond donors (Lipinski definition) is 3. The maximum Gasteiger partial charge on any atom is 0.277 e. The minimum Gasteiger partial charge on any atom is -0.384 e. The van der Waals surface area contributed by atoms with Crippen LogP contribution in [-0.2, 0) is 5.66 Å². The lowest BCUT2D eigenvalue weighted by Crippen LogP contribution is -2.46. The molecule has 2 aromatic rings. The van der Waals surface area contributed by atoms with Gasteiger partial charge in [-0.15, -0.1) is 0 Å². The third kappa shape index (κ3) is 2.94. The first kappa shape index (κ1) is 18.2. The fraction of sp³-hybridized carbons (Fsp3) is 0.400. The second kappa shape index (κ2) is 6.78. The van der Waals surface area contributed by atoms with Crippen LogP contribution >= 0.6 is 0 Å². The molecule has 2 unspecified atom stereocenters. The SMILES string of the molecule is CCC1CC=CC2(CC1)NC(=O)c1c(C)cc(Nc3cc(N)ncn3)c(=O)n12. The average Bonchev–Trinajstić information content (AvgIpc) is 2.81. The van der Waals surface area contributed by atoms with E-state index in [2.05, 4.69) is 33.6 Å². The van der Waals surface area contributed by atoms with Crippen molar-refractivity contribution in [2.24, 2.45) is 5.92 Å². The van der Waals surface area contributed by atoms with Crippen molar-refractivity contribution >= 4 is 23.2 Å². The quantitative estimate of drug-likeness (QED) is 0.705. The molecule has 3 heterocycles. The summed E-state index contributed by atoms with van der Waals surface area (Å²) in [7, 11) is 0. The van der Waals surface area contributed by atoms with Gasteiger partial charge in [0.1, 0.15) is 35.0 Å². The lowest BCUT2D eigenvalue weighted by Gasteiger charge is -2.28. The fourth-order valence-electron chi connectivity index (χ4n) is 4.13. The number of nitrogens with zero attached hydrogens (tertiary/aromatic N) is 3. The van der Waals surface area contributed by atoms with E-state index in [1.165, 1.54) is 6.33 Å². The molecule has 0 aromatic carbocycles. The van der Waals surface area contributed by atoms with E-state index in [-0.39, 0.29) is 11.5 Å². The normalized spacial score (nSPS) is 23.4. The largest absolute Gasteiger partial charge is 0.384 e. The first-order chi connectivity index (χ1) is 13.4. The molecule has 4 N–H and O–H groups in total. The number of carbonyl (C=O) groups excluding carboxylic acids is 1. The van der Waals surface area contributed by atoms with E-state index < -0.39 is 5.66 Å². The summed E-state index contributed by atoms with van der Waals surface area (Å²) in [4.78, 5) is 34.1. The Kier molecular flexibility index (Phi) is 4.41. The van der Waals surface area contributed by atoms with Gasteiger partial charge in [0.15, 0.2) is 0 Å². The van der Waals surface area contributed by atoms with E-state index in [0.29, 0.717) is 35.4 Å². The van der Waals surface area contributed by atoms with Crippen molar-refractivity contribution < 1.29 is 4.79 Å². The number of nitrogens with two attached hydrogens (primary N) is 1. The van der Waals surface area contributed by atoms with Crippen LogP contribution in [0.25, 0.3) is 0 Å². The molecule has 1 spiro atoms. The predicted octanol–water partition coefficient (Wildman–Crippen LogP) is 2.44. The summed E-state index contributed by atoms with van der Waals surface area (Å²) >= 11 is 0. The van der Waals surface area contributed by atoms with Crippen LogP contribution in [0, 0.1) is 12.8 Å². The highest BCUT2D eigenvalue weighted by Crippen LogP contribution is 2.35. The number of amides is 1. The molecular formula is C20H24N6O2. The lowest BCUT2D eigenvalue weighted by atomic mass is 9.95. The summed E-state index contributed by atoms with van der Waals surface area (Å²) in [5.74, 6) is 1.07. The standard InChI is InChI=1S/C20H24N6O2/c1-3-13-5-4-7-20(8-6-13)25-18(27)17-12(2)9-14(19(28)26(17)20)24-16-10-15(21)22-11-23-16/h4,7,9-11,13H,3,5-6,8H2,1-2H3,(H,25,27)(H3,21,22,23,24). The van der Waals surface area contributed by atoms with Crippen LogP contribution in [0.5, 0.6) is 0 Å². The molecule has 1 aliphatic heterocycles. The molecule has 146 valence electrons. The Morgan fingerprint density at radius 3 is 2.93 bits per heavy atom. The third-order valence-corrected chi connectivity index (χ3v) is 5.66. The molecule has 0 fully saturated rings. The maximum absolute atomic E-state index is 13.4. The Hall–Kier alpha value is -3.16. The number of fused-ring (bicyclic) bond motifs is 2. The van der Waals surface area contributed by atoms with Crippen molar-refractivity contribution in [2.45, 2.75) is 45.2 Å². The van der Waals surface area contributed by atoms with Crippen LogP contribution < -0.4 is 21.9 Å². The van der Waals surface area contributed by atoms with Gasteiger partial charge in [-0.25, -0.2) is 9.97 Å². The van der Waals surface area contributed by atoms with Crippen molar-refractivity contribution in [3.63, 3.8) is 0 Å². The van der Waals surface area contributed by atoms with Crippen LogP contribution in [-0.4, -0.2) is 20.4 Å². The summed E-state index contributed by atoms with van der Waals surface area (Å²) in [6.45, 7) is 4.00. The number of allylic oxidation sites excluding steroid dienone is 1. The Morgan fingerprint density at radius 2 is 2.18 bits per heavy atom. The Bertz CT molecular complexity index is 1030. The number of nitrogens with one attached hydrogen (secondary N) is 2. The molecule has 1 amide bonds. The molecular weight excluding hydrogens is 356 g/mol. The van der Waals surface area contributed by atoms with Gasteiger partial charge in [-0.05, 0) is 49.8 Å². The van der Waals surface area contributed by atoms with Gasteiger partial charge in [0.25, 0.3) is 11.5 Å². The van der Waals surface area contributed by atoms with E-state index in [9.17, 15) is 9.59 Å². The highest BCUT2D eigenvalue weighted by atomic mass is 16.2. The summed E-state index contributed by atoms with van der Waals surface area (Å²) in [6.07, 6.45) is 9.05. The van der Waals surface area contributed by atoms with Crippen LogP contribution in [0.15, 0.2) is 35.4 Å². The number of aryl methyl sites for hydroxylation is 1. The van der Waals surface area contributed by atoms with Gasteiger partial charge < -0.3 is 16.4 Å². The summed E-state index contributed by atoms with van der Waals surface area (Å²) in [5, 5.41) is 6.09. The molecule has 0 saturated heterocycles. The van der Waals surface area contributed by atoms with Crippen molar-refractivity contribution in [3.8, 4) is 0 Å². The van der Waals surface area contributed by atoms with Crippen molar-refractivity contribution in [1.29, 1.82) is 0 Å². The molecule has 2 aromatic heterocycles. The van der Waals surface area contributed by atoms with Crippen molar-refractivity contribution in [1.82, 2.24) is 19.9 Å². The molecule has 2 aliphatic rings. The second-order valence-corrected chi connectivity index (χ2v) is 7.51. The van der Waals surface area contributed by atoms with Gasteiger partial charge >= 0.3 is 0 Å². The summed E-state index contributed by atoms with van der Waals surface area (Å²) in [5.41, 5.74) is 6.11. The van der Waals surface area contributed by atoms with Crippen LogP contribution in [0.1, 0.15) is 48.7 Å². The average molecular weight is 380 g/mol. The smallest absolute Gasteiger partial charge is 0.277 e. The monoisotopic (exact) mass is 380 g/mol. The van der Waals surface area contributed by atoms with Crippen LogP contribution in [0.3, 0.4) is 0 Å². The zero-order valence-electron chi connectivity index (χ0n) is 16.0. The number of pyridine rings is 1. The van der Waals surface area contributed by atoms with Gasteiger partial charge in [-0.3, -0.25) is 14.2 Å². The Balaban J connectivity index is 1.82. The number of anilines is 3. The predicted molar refractivity (Wildman–Crippen MR) is 107 cm³/mol. The first-order valence-electron chi connectivity index (χ1n) is 9.55. The molecule has 2 atom stereocenters. The Morgan fingerprint density at radius 1 is 1.36 bits per heavy atom. The van der Waals surface area contributed by atoms with Crippen molar-refractivity contribution in [3.05, 3.63) is 52.2 Å². The van der Waals surface area contributed by atoms with Gasteiger partial charge in [-0.1, -0.05) is 19.4 Å². The van der Waals surface area contributed by atoms with E-state index in [1.54, 1.807) is 16.7 Å². The highest BCUT2D eigenvalue weighted by Gasteiger charge is 2.43. The number of rotatable bonds is 3. The van der Waals surface area contributed by atoms with E-state index in [1.807, 2.05) is 13.0 Å². The third-order valence-electron chi connectivity index (χ3n) is 5.66. The molecule has 0 radical (unpaired) electrons. The Labute approximate surface area is 162 Å². The van der Waals surface area contributed by atoms with E-state index in [4.69, 9.17) is 5.73 Å². The topological polar surface area (TPSA) is 115 Å². The number of aromatic nitrogens is 3. The molecule has 4 rings (SSSR count). The second-order valence-electron chi connectivity index (χ2n) is 7.51. The van der Waals surface area contributed by atoms with Gasteiger partial charge in [-0.2, -0.15) is 0 Å². The van der Waals surface area contributed by atoms with Gasteiger partial charge in [0.2, 0.25) is 0 Å². The summed E-state index contributed by atoms with van der Waals surface area (Å²) in [6, 6.07) is 3.24. The molecule has 28 heavy (non-hydrogen) atoms. The zero-order chi connectivity index (χ0) is 19.9. The first-order valence-corrected chi connectivity index (χ1v) is 9.55. The molecule has 0 bridgehead atoms. The number of carbonyl (C=O) groups is 1. The molecule has 0 saturated carbocycles. The lowest BCUT2D eigenvalue weighted by molar-refractivity contribution is 0.0932. The van der Waals surface area contributed by atoms with E-state index >= 15 is 0 Å². The van der Waals surface area contributed by atoms with Gasteiger partial charge in [0.05, 0.1) is 0 Å². The van der Waals surface area contributed by atoms with Crippen LogP contribution in [0.2, 0.25) is 0 Å². The maximum atomic E-state index is 13.4. The summed E-state index contributed by atoms with van der Waals surface area (Å²) < 4.78 is 1.60. The fourth-order valence-corrected chi connectivity index (χ4v) is 4.13. The minimum atomic E-state index is -0.819.